The molecule has 0 radical (unpaired) electrons. The Bertz CT molecular complexity index is 945. The van der Waals surface area contributed by atoms with Gasteiger partial charge in [0.2, 0.25) is 0 Å². The second-order valence-corrected chi connectivity index (χ2v) is 11.3. The Morgan fingerprint density at radius 1 is 0.857 bits per heavy atom. The number of benzene rings is 2. The number of hydrogen-bond acceptors (Lipinski definition) is 3. The molecule has 2 aromatic rings. The van der Waals surface area contributed by atoms with Crippen molar-refractivity contribution in [2.45, 2.75) is 89.4 Å². The number of aryl methyl sites for hydroxylation is 1. The van der Waals surface area contributed by atoms with Crippen LogP contribution >= 0.6 is 24.0 Å². The van der Waals surface area contributed by atoms with E-state index >= 15 is 0 Å². The smallest absolute Gasteiger partial charge is 0.193 e. The van der Waals surface area contributed by atoms with Crippen molar-refractivity contribution in [3.8, 4) is 0 Å². The van der Waals surface area contributed by atoms with Gasteiger partial charge in [-0.1, -0.05) is 126 Å². The minimum absolute atomic E-state index is 0.432. The average Bonchev–Trinajstić information content (AvgIpc) is 2.90. The van der Waals surface area contributed by atoms with Gasteiger partial charge in [-0.3, -0.25) is 0 Å². The standard InChI is InChI=1S/C32H42OS2/c1-3-5-7-8-9-14-26-35-32(24-22-29(23-25-32)28-16-12-10-13-17-28)33-31(34)30-20-18-27(19-21-30)15-11-6-4-2/h10,12-13,16-24H,3-9,11,14-15,25-26H2,1-2H3. The van der Waals surface area contributed by atoms with Crippen LogP contribution in [0.2, 0.25) is 0 Å². The zero-order chi connectivity index (χ0) is 24.8. The molecule has 0 aliphatic heterocycles. The first kappa shape index (κ1) is 27.7. The second kappa shape index (κ2) is 15.3. The predicted molar refractivity (Wildman–Crippen MR) is 159 cm³/mol. The molecule has 1 nitrogen and oxygen atoms in total. The zero-order valence-corrected chi connectivity index (χ0v) is 23.3. The van der Waals surface area contributed by atoms with E-state index in [2.05, 4.69) is 86.7 Å². The summed E-state index contributed by atoms with van der Waals surface area (Å²) >= 11 is 7.71. The van der Waals surface area contributed by atoms with Gasteiger partial charge in [0.1, 0.15) is 0 Å². The molecular weight excluding hydrogens is 464 g/mol. The van der Waals surface area contributed by atoms with Crippen LogP contribution in [-0.2, 0) is 11.2 Å². The molecule has 35 heavy (non-hydrogen) atoms. The zero-order valence-electron chi connectivity index (χ0n) is 21.6. The average molecular weight is 507 g/mol. The van der Waals surface area contributed by atoms with Gasteiger partial charge in [-0.15, -0.1) is 11.8 Å². The molecule has 0 aromatic heterocycles. The van der Waals surface area contributed by atoms with E-state index in [9.17, 15) is 0 Å². The summed E-state index contributed by atoms with van der Waals surface area (Å²) < 4.78 is 6.60. The highest BCUT2D eigenvalue weighted by Crippen LogP contribution is 2.39. The summed E-state index contributed by atoms with van der Waals surface area (Å²) in [6.45, 7) is 4.52. The first-order valence-electron chi connectivity index (χ1n) is 13.6. The summed E-state index contributed by atoms with van der Waals surface area (Å²) in [5.41, 5.74) is 4.89. The Balaban J connectivity index is 1.63. The van der Waals surface area contributed by atoms with Crippen molar-refractivity contribution >= 4 is 34.6 Å². The van der Waals surface area contributed by atoms with E-state index in [1.807, 2.05) is 11.8 Å². The van der Waals surface area contributed by atoms with Crippen LogP contribution in [0, 0.1) is 0 Å². The van der Waals surface area contributed by atoms with Crippen LogP contribution in [0.3, 0.4) is 0 Å². The number of ether oxygens (including phenoxy) is 1. The minimum Gasteiger partial charge on any atom is -0.461 e. The summed E-state index contributed by atoms with van der Waals surface area (Å²) in [4.78, 5) is -0.432. The molecule has 0 spiro atoms. The SMILES string of the molecule is CCCCCCCCSC1(OC(=S)c2ccc(CCCCC)cc2)C=CC(c2ccccc2)=CC1. The van der Waals surface area contributed by atoms with Gasteiger partial charge in [0, 0.05) is 12.0 Å². The fourth-order valence-electron chi connectivity index (χ4n) is 4.39. The summed E-state index contributed by atoms with van der Waals surface area (Å²) in [7, 11) is 0. The van der Waals surface area contributed by atoms with Gasteiger partial charge in [-0.05, 0) is 60.0 Å². The van der Waals surface area contributed by atoms with E-state index in [-0.39, 0.29) is 0 Å². The molecule has 3 rings (SSSR count). The lowest BCUT2D eigenvalue weighted by atomic mass is 9.98. The molecule has 0 saturated carbocycles. The van der Waals surface area contributed by atoms with Crippen molar-refractivity contribution < 1.29 is 4.74 Å². The summed E-state index contributed by atoms with van der Waals surface area (Å²) in [5.74, 6) is 1.09. The van der Waals surface area contributed by atoms with E-state index in [1.54, 1.807) is 0 Å². The van der Waals surface area contributed by atoms with Crippen LogP contribution in [0.15, 0.2) is 72.8 Å². The molecule has 0 saturated heterocycles. The largest absolute Gasteiger partial charge is 0.461 e. The first-order valence-corrected chi connectivity index (χ1v) is 15.0. The van der Waals surface area contributed by atoms with Gasteiger partial charge in [-0.2, -0.15) is 0 Å². The Morgan fingerprint density at radius 3 is 2.23 bits per heavy atom. The van der Waals surface area contributed by atoms with Gasteiger partial charge in [0.15, 0.2) is 9.98 Å². The van der Waals surface area contributed by atoms with Crippen LogP contribution < -0.4 is 0 Å². The van der Waals surface area contributed by atoms with Gasteiger partial charge in [-0.25, -0.2) is 0 Å². The normalized spacial score (nSPS) is 17.3. The van der Waals surface area contributed by atoms with Crippen molar-refractivity contribution in [2.24, 2.45) is 0 Å². The van der Waals surface area contributed by atoms with E-state index in [0.717, 1.165) is 24.2 Å². The molecule has 0 amide bonds. The third kappa shape index (κ3) is 9.28. The second-order valence-electron chi connectivity index (χ2n) is 9.53. The maximum atomic E-state index is 6.60. The minimum atomic E-state index is -0.432. The number of allylic oxidation sites excluding steroid dienone is 2. The molecule has 0 fully saturated rings. The van der Waals surface area contributed by atoms with Gasteiger partial charge in [0.25, 0.3) is 0 Å². The van der Waals surface area contributed by atoms with Crippen molar-refractivity contribution in [2.75, 3.05) is 5.75 Å². The lowest BCUT2D eigenvalue weighted by molar-refractivity contribution is 0.211. The third-order valence-corrected chi connectivity index (χ3v) is 8.29. The molecule has 3 heteroatoms. The van der Waals surface area contributed by atoms with Gasteiger partial charge >= 0.3 is 0 Å². The molecule has 188 valence electrons. The van der Waals surface area contributed by atoms with Crippen LogP contribution in [0.1, 0.15) is 94.7 Å². The monoisotopic (exact) mass is 506 g/mol. The molecular formula is C32H42OS2. The van der Waals surface area contributed by atoms with E-state index in [4.69, 9.17) is 17.0 Å². The van der Waals surface area contributed by atoms with Crippen LogP contribution in [0.25, 0.3) is 5.57 Å². The fourth-order valence-corrected chi connectivity index (χ4v) is 5.93. The molecule has 0 N–H and O–H groups in total. The van der Waals surface area contributed by atoms with Crippen LogP contribution in [0.4, 0.5) is 0 Å². The third-order valence-electron chi connectivity index (χ3n) is 6.60. The maximum absolute atomic E-state index is 6.60. The number of unbranched alkanes of at least 4 members (excludes halogenated alkanes) is 7. The maximum Gasteiger partial charge on any atom is 0.193 e. The summed E-state index contributed by atoms with van der Waals surface area (Å²) in [5, 5.41) is 0.599. The van der Waals surface area contributed by atoms with Crippen LogP contribution in [-0.4, -0.2) is 15.7 Å². The quantitative estimate of drug-likeness (QED) is 0.135. The molecule has 0 bridgehead atoms. The Morgan fingerprint density at radius 2 is 1.54 bits per heavy atom. The van der Waals surface area contributed by atoms with Crippen molar-refractivity contribution in [3.63, 3.8) is 0 Å². The van der Waals surface area contributed by atoms with E-state index in [1.165, 1.54) is 74.5 Å². The molecule has 1 aliphatic rings. The van der Waals surface area contributed by atoms with Gasteiger partial charge < -0.3 is 4.74 Å². The van der Waals surface area contributed by atoms with Gasteiger partial charge in [0.05, 0.1) is 0 Å². The molecule has 1 unspecified atom stereocenters. The summed E-state index contributed by atoms with van der Waals surface area (Å²) in [6.07, 6.45) is 20.3. The van der Waals surface area contributed by atoms with E-state index < -0.39 is 4.93 Å². The number of rotatable bonds is 15. The Kier molecular flexibility index (Phi) is 12.1. The number of hydrogen-bond donors (Lipinski definition) is 0. The Hall–Kier alpha value is -1.84. The predicted octanol–water partition coefficient (Wildman–Crippen LogP) is 9.94. The topological polar surface area (TPSA) is 9.23 Å². The van der Waals surface area contributed by atoms with Crippen LogP contribution in [0.5, 0.6) is 0 Å². The number of thiocarbonyl (C=S) groups is 1. The molecule has 2 aromatic carbocycles. The highest BCUT2D eigenvalue weighted by molar-refractivity contribution is 8.00. The fraction of sp³-hybridized carbons (Fsp3) is 0.469. The molecule has 0 heterocycles. The molecule has 1 aliphatic carbocycles. The molecule has 1 atom stereocenters. The lowest BCUT2D eigenvalue weighted by Gasteiger charge is -2.33. The van der Waals surface area contributed by atoms with Crippen molar-refractivity contribution in [1.29, 1.82) is 0 Å². The van der Waals surface area contributed by atoms with E-state index in [0.29, 0.717) is 5.05 Å². The summed E-state index contributed by atoms with van der Waals surface area (Å²) in [6, 6.07) is 19.3. The lowest BCUT2D eigenvalue weighted by Crippen LogP contribution is -2.30. The van der Waals surface area contributed by atoms with Crippen molar-refractivity contribution in [1.82, 2.24) is 0 Å². The highest BCUT2D eigenvalue weighted by Gasteiger charge is 2.32. The highest BCUT2D eigenvalue weighted by atomic mass is 32.2. The Labute approximate surface area is 223 Å². The number of thioether (sulfide) groups is 1. The first-order chi connectivity index (χ1) is 17.2. The van der Waals surface area contributed by atoms with Crippen molar-refractivity contribution in [3.05, 3.63) is 89.5 Å².